The van der Waals surface area contributed by atoms with E-state index in [2.05, 4.69) is 15.6 Å². The van der Waals surface area contributed by atoms with Crippen LogP contribution in [0.1, 0.15) is 33.6 Å². The van der Waals surface area contributed by atoms with Gasteiger partial charge in [-0.3, -0.25) is 19.9 Å². The van der Waals surface area contributed by atoms with Crippen LogP contribution in [-0.4, -0.2) is 41.1 Å². The van der Waals surface area contributed by atoms with Crippen LogP contribution in [-0.2, 0) is 9.53 Å². The number of carbonyl (C=O) groups is 2. The standard InChI is InChI=1S/C17H26N6O5.ClH/c1-17(2,3)28-16(25)22-13(5-4-10-20-15(18)19)14(24)21-11-6-8-12(9-7-11)23(26)27;/h6-9,13H,4-5,10H2,1-3H3,(H,21,24)(H,22,25)(H4,18,19,20);1H. The number of anilines is 1. The average molecular weight is 431 g/mol. The van der Waals surface area contributed by atoms with Gasteiger partial charge in [-0.25, -0.2) is 4.79 Å². The third kappa shape index (κ3) is 10.7. The first-order valence-electron chi connectivity index (χ1n) is 8.58. The fourth-order valence-electron chi connectivity index (χ4n) is 2.12. The van der Waals surface area contributed by atoms with Crippen molar-refractivity contribution in [3.63, 3.8) is 0 Å². The van der Waals surface area contributed by atoms with Gasteiger partial charge in [-0.05, 0) is 45.7 Å². The van der Waals surface area contributed by atoms with Crippen LogP contribution < -0.4 is 22.1 Å². The number of alkyl carbamates (subject to hydrolysis) is 1. The number of amides is 2. The summed E-state index contributed by atoms with van der Waals surface area (Å²) in [5.74, 6) is -0.559. The number of guanidine groups is 1. The summed E-state index contributed by atoms with van der Waals surface area (Å²) in [5.41, 5.74) is 10.1. The second-order valence-corrected chi connectivity index (χ2v) is 6.94. The predicted octanol–water partition coefficient (Wildman–Crippen LogP) is 1.90. The number of ether oxygens (including phenoxy) is 1. The molecule has 1 aromatic rings. The highest BCUT2D eigenvalue weighted by atomic mass is 35.5. The van der Waals surface area contributed by atoms with Gasteiger partial charge in [0, 0.05) is 24.4 Å². The number of benzene rings is 1. The molecule has 1 unspecified atom stereocenters. The van der Waals surface area contributed by atoms with Crippen molar-refractivity contribution in [1.82, 2.24) is 5.32 Å². The first-order chi connectivity index (χ1) is 13.0. The summed E-state index contributed by atoms with van der Waals surface area (Å²) >= 11 is 0. The smallest absolute Gasteiger partial charge is 0.408 e. The first kappa shape index (κ1) is 25.9. The monoisotopic (exact) mass is 430 g/mol. The van der Waals surface area contributed by atoms with Crippen LogP contribution in [0.25, 0.3) is 0 Å². The molecule has 1 rings (SSSR count). The summed E-state index contributed by atoms with van der Waals surface area (Å²) in [6.07, 6.45) is -0.0425. The van der Waals surface area contributed by atoms with Gasteiger partial charge >= 0.3 is 6.09 Å². The number of non-ortho nitro benzene ring substituents is 1. The molecule has 0 aliphatic rings. The number of nitro benzene ring substituents is 1. The lowest BCUT2D eigenvalue weighted by molar-refractivity contribution is -0.384. The van der Waals surface area contributed by atoms with Crippen molar-refractivity contribution in [2.75, 3.05) is 11.9 Å². The Morgan fingerprint density at radius 1 is 1.24 bits per heavy atom. The van der Waals surface area contributed by atoms with Crippen molar-refractivity contribution in [3.8, 4) is 0 Å². The molecule has 0 saturated heterocycles. The molecule has 162 valence electrons. The minimum absolute atomic E-state index is 0. The number of rotatable bonds is 8. The minimum Gasteiger partial charge on any atom is -0.444 e. The molecule has 0 saturated carbocycles. The Hall–Kier alpha value is -3.08. The highest BCUT2D eigenvalue weighted by molar-refractivity contribution is 5.96. The van der Waals surface area contributed by atoms with Crippen LogP contribution in [0.3, 0.4) is 0 Å². The zero-order chi connectivity index (χ0) is 21.3. The summed E-state index contributed by atoms with van der Waals surface area (Å²) < 4.78 is 5.18. The van der Waals surface area contributed by atoms with Gasteiger partial charge in [0.15, 0.2) is 5.96 Å². The van der Waals surface area contributed by atoms with E-state index < -0.39 is 28.6 Å². The molecule has 0 heterocycles. The third-order valence-electron chi connectivity index (χ3n) is 3.30. The van der Waals surface area contributed by atoms with E-state index in [9.17, 15) is 19.7 Å². The number of nitrogens with two attached hydrogens (primary N) is 2. The molecular formula is C17H27ClN6O5. The molecule has 12 heteroatoms. The summed E-state index contributed by atoms with van der Waals surface area (Å²) in [6, 6.07) is 4.44. The lowest BCUT2D eigenvalue weighted by Gasteiger charge is -2.23. The van der Waals surface area contributed by atoms with E-state index >= 15 is 0 Å². The SMILES string of the molecule is CC(C)(C)OC(=O)NC(CCCN=C(N)N)C(=O)Nc1ccc([N+](=O)[O-])cc1.Cl. The molecular weight excluding hydrogens is 404 g/mol. The maximum absolute atomic E-state index is 12.6. The normalized spacial score (nSPS) is 11.4. The molecule has 0 fully saturated rings. The summed E-state index contributed by atoms with van der Waals surface area (Å²) in [6.45, 7) is 5.41. The molecule has 0 bridgehead atoms. The maximum atomic E-state index is 12.6. The largest absolute Gasteiger partial charge is 0.444 e. The van der Waals surface area contributed by atoms with E-state index in [1.165, 1.54) is 24.3 Å². The molecule has 29 heavy (non-hydrogen) atoms. The Bertz CT molecular complexity index is 729. The zero-order valence-corrected chi connectivity index (χ0v) is 17.3. The lowest BCUT2D eigenvalue weighted by Crippen LogP contribution is -2.45. The third-order valence-corrected chi connectivity index (χ3v) is 3.30. The van der Waals surface area contributed by atoms with E-state index in [4.69, 9.17) is 16.2 Å². The van der Waals surface area contributed by atoms with Gasteiger partial charge in [0.25, 0.3) is 5.69 Å². The molecule has 0 aliphatic heterocycles. The van der Waals surface area contributed by atoms with Crippen molar-refractivity contribution < 1.29 is 19.2 Å². The van der Waals surface area contributed by atoms with E-state index in [-0.39, 0.29) is 30.5 Å². The van der Waals surface area contributed by atoms with Crippen molar-refractivity contribution in [1.29, 1.82) is 0 Å². The number of nitro groups is 1. The zero-order valence-electron chi connectivity index (χ0n) is 16.5. The molecule has 0 radical (unpaired) electrons. The van der Waals surface area contributed by atoms with Gasteiger partial charge in [-0.2, -0.15) is 0 Å². The van der Waals surface area contributed by atoms with Gasteiger partial charge in [-0.1, -0.05) is 0 Å². The van der Waals surface area contributed by atoms with Crippen molar-refractivity contribution >= 4 is 41.7 Å². The van der Waals surface area contributed by atoms with Crippen molar-refractivity contribution in [3.05, 3.63) is 34.4 Å². The van der Waals surface area contributed by atoms with Gasteiger partial charge in [-0.15, -0.1) is 12.4 Å². The van der Waals surface area contributed by atoms with Gasteiger partial charge in [0.05, 0.1) is 4.92 Å². The Labute approximate surface area is 174 Å². The van der Waals surface area contributed by atoms with Crippen LogP contribution in [0, 0.1) is 10.1 Å². The van der Waals surface area contributed by atoms with Crippen LogP contribution in [0.5, 0.6) is 0 Å². The number of hydrogen-bond acceptors (Lipinski definition) is 6. The van der Waals surface area contributed by atoms with Crippen LogP contribution in [0.2, 0.25) is 0 Å². The van der Waals surface area contributed by atoms with Crippen molar-refractivity contribution in [2.24, 2.45) is 16.5 Å². The topological polar surface area (TPSA) is 175 Å². The van der Waals surface area contributed by atoms with E-state index in [1.807, 2.05) is 0 Å². The van der Waals surface area contributed by atoms with Gasteiger partial charge in [0.2, 0.25) is 5.91 Å². The molecule has 0 aliphatic carbocycles. The summed E-state index contributed by atoms with van der Waals surface area (Å²) in [7, 11) is 0. The van der Waals surface area contributed by atoms with E-state index in [0.717, 1.165) is 0 Å². The minimum atomic E-state index is -0.903. The van der Waals surface area contributed by atoms with Crippen molar-refractivity contribution in [2.45, 2.75) is 45.3 Å². The van der Waals surface area contributed by atoms with Gasteiger partial charge < -0.3 is 26.8 Å². The average Bonchev–Trinajstić information content (AvgIpc) is 2.56. The fraction of sp³-hybridized carbons (Fsp3) is 0.471. The number of nitrogens with zero attached hydrogens (tertiary/aromatic N) is 2. The number of halogens is 1. The highest BCUT2D eigenvalue weighted by Gasteiger charge is 2.24. The Morgan fingerprint density at radius 2 is 1.83 bits per heavy atom. The Morgan fingerprint density at radius 3 is 2.31 bits per heavy atom. The van der Waals surface area contributed by atoms with Crippen LogP contribution in [0.15, 0.2) is 29.3 Å². The predicted molar refractivity (Wildman–Crippen MR) is 112 cm³/mol. The molecule has 0 spiro atoms. The number of aliphatic imine (C=N–C) groups is 1. The molecule has 2 amide bonds. The van der Waals surface area contributed by atoms with Crippen LogP contribution in [0.4, 0.5) is 16.2 Å². The second kappa shape index (κ2) is 11.7. The number of nitrogens with one attached hydrogen (secondary N) is 2. The van der Waals surface area contributed by atoms with E-state index in [0.29, 0.717) is 18.7 Å². The Kier molecular flexibility index (Phi) is 10.5. The molecule has 6 N–H and O–H groups in total. The molecule has 1 aromatic carbocycles. The summed E-state index contributed by atoms with van der Waals surface area (Å²) in [5, 5.41) is 15.8. The summed E-state index contributed by atoms with van der Waals surface area (Å²) in [4.78, 5) is 38.6. The van der Waals surface area contributed by atoms with Gasteiger partial charge in [0.1, 0.15) is 11.6 Å². The van der Waals surface area contributed by atoms with Crippen LogP contribution >= 0.6 is 12.4 Å². The molecule has 11 nitrogen and oxygen atoms in total. The Balaban J connectivity index is 0.00000784. The first-order valence-corrected chi connectivity index (χ1v) is 8.58. The quantitative estimate of drug-likeness (QED) is 0.160. The maximum Gasteiger partial charge on any atom is 0.408 e. The lowest BCUT2D eigenvalue weighted by atomic mass is 10.1. The highest BCUT2D eigenvalue weighted by Crippen LogP contribution is 2.16. The second-order valence-electron chi connectivity index (χ2n) is 6.94. The molecule has 0 aromatic heterocycles. The molecule has 1 atom stereocenters. The number of carbonyl (C=O) groups excluding carboxylic acids is 2. The van der Waals surface area contributed by atoms with E-state index in [1.54, 1.807) is 20.8 Å². The number of hydrogen-bond donors (Lipinski definition) is 4. The fourth-order valence-corrected chi connectivity index (χ4v) is 2.12.